The zero-order valence-corrected chi connectivity index (χ0v) is 21.4. The smallest absolute Gasteiger partial charge is 0.0328 e. The van der Waals surface area contributed by atoms with Gasteiger partial charge in [-0.15, -0.1) is 0 Å². The largest absolute Gasteiger partial charge is 0.384 e. The van der Waals surface area contributed by atoms with Gasteiger partial charge < -0.3 is 11.1 Å². The second-order valence-electron chi connectivity index (χ2n) is 10.2. The van der Waals surface area contributed by atoms with Gasteiger partial charge in [0.25, 0.3) is 0 Å². The number of allylic oxidation sites excluding steroid dienone is 13. The van der Waals surface area contributed by atoms with E-state index in [9.17, 15) is 0 Å². The first-order chi connectivity index (χ1) is 16.7. The van der Waals surface area contributed by atoms with Gasteiger partial charge in [0.05, 0.1) is 0 Å². The van der Waals surface area contributed by atoms with Crippen molar-refractivity contribution in [1.82, 2.24) is 5.32 Å². The molecule has 2 nitrogen and oxygen atoms in total. The van der Waals surface area contributed by atoms with Crippen molar-refractivity contribution in [2.75, 3.05) is 6.54 Å². The predicted molar refractivity (Wildman–Crippen MR) is 147 cm³/mol. The SMILES string of the molecule is CCCC1=C(C2=CC(/C=C\CNC3=C(C4=CCCC=C4)C=CCC3)C(N)CC2)C=CCC1CC. The van der Waals surface area contributed by atoms with Gasteiger partial charge in [-0.1, -0.05) is 86.6 Å². The second-order valence-corrected chi connectivity index (χ2v) is 10.2. The first-order valence-corrected chi connectivity index (χ1v) is 13.7. The standard InChI is InChI=1S/C32H44N2/c1-3-12-28-24(4-2)15-10-18-29(28)26-20-21-31(33)27(23-26)16-11-22-34-32-19-9-8-17-30(32)25-13-6-5-7-14-25/h6,8,10-11,13-14,16-18,23-24,27,31,34H,3-5,7,9,12,15,19-22,33H2,1-2H3/b16-11-. The fourth-order valence-electron chi connectivity index (χ4n) is 5.87. The van der Waals surface area contributed by atoms with Crippen LogP contribution in [0.4, 0.5) is 0 Å². The van der Waals surface area contributed by atoms with E-state index in [-0.39, 0.29) is 6.04 Å². The fourth-order valence-corrected chi connectivity index (χ4v) is 5.87. The van der Waals surface area contributed by atoms with Crippen LogP contribution >= 0.6 is 0 Å². The van der Waals surface area contributed by atoms with E-state index in [1.54, 1.807) is 5.57 Å². The molecule has 0 saturated carbocycles. The van der Waals surface area contributed by atoms with Crippen LogP contribution in [0.15, 0.2) is 94.3 Å². The highest BCUT2D eigenvalue weighted by atomic mass is 14.9. The van der Waals surface area contributed by atoms with Crippen LogP contribution in [-0.4, -0.2) is 12.6 Å². The van der Waals surface area contributed by atoms with E-state index in [0.717, 1.165) is 51.0 Å². The van der Waals surface area contributed by atoms with Gasteiger partial charge >= 0.3 is 0 Å². The van der Waals surface area contributed by atoms with Crippen LogP contribution in [0.2, 0.25) is 0 Å². The first kappa shape index (κ1) is 24.8. The molecule has 2 heteroatoms. The Labute approximate surface area is 207 Å². The van der Waals surface area contributed by atoms with Gasteiger partial charge in [0, 0.05) is 24.2 Å². The molecule has 3 atom stereocenters. The van der Waals surface area contributed by atoms with Crippen molar-refractivity contribution < 1.29 is 0 Å². The minimum absolute atomic E-state index is 0.217. The van der Waals surface area contributed by atoms with Gasteiger partial charge in [-0.2, -0.15) is 0 Å². The molecule has 0 aromatic carbocycles. The summed E-state index contributed by atoms with van der Waals surface area (Å²) in [6, 6.07) is 0.217. The molecule has 182 valence electrons. The van der Waals surface area contributed by atoms with E-state index in [4.69, 9.17) is 5.73 Å². The summed E-state index contributed by atoms with van der Waals surface area (Å²) in [5, 5.41) is 3.72. The summed E-state index contributed by atoms with van der Waals surface area (Å²) in [6.07, 6.45) is 35.1. The monoisotopic (exact) mass is 456 g/mol. The average molecular weight is 457 g/mol. The van der Waals surface area contributed by atoms with Gasteiger partial charge in [0.15, 0.2) is 0 Å². The third-order valence-corrected chi connectivity index (χ3v) is 7.81. The van der Waals surface area contributed by atoms with E-state index in [2.05, 4.69) is 79.9 Å². The summed E-state index contributed by atoms with van der Waals surface area (Å²) in [5.41, 5.74) is 15.4. The molecule has 0 fully saturated rings. The maximum Gasteiger partial charge on any atom is 0.0328 e. The van der Waals surface area contributed by atoms with Crippen molar-refractivity contribution in [2.45, 2.75) is 84.1 Å². The van der Waals surface area contributed by atoms with Crippen LogP contribution in [0.25, 0.3) is 0 Å². The molecule has 0 heterocycles. The third-order valence-electron chi connectivity index (χ3n) is 7.81. The van der Waals surface area contributed by atoms with Gasteiger partial charge in [-0.25, -0.2) is 0 Å². The van der Waals surface area contributed by atoms with Gasteiger partial charge in [-0.3, -0.25) is 0 Å². The predicted octanol–water partition coefficient (Wildman–Crippen LogP) is 7.76. The highest BCUT2D eigenvalue weighted by Crippen LogP contribution is 2.38. The Morgan fingerprint density at radius 2 is 1.85 bits per heavy atom. The van der Waals surface area contributed by atoms with Crippen molar-refractivity contribution in [3.63, 3.8) is 0 Å². The fraction of sp³-hybridized carbons (Fsp3) is 0.500. The summed E-state index contributed by atoms with van der Waals surface area (Å²) in [6.45, 7) is 5.51. The molecule has 0 radical (unpaired) electrons. The number of nitrogens with one attached hydrogen (secondary N) is 1. The summed E-state index contributed by atoms with van der Waals surface area (Å²) in [7, 11) is 0. The molecule has 0 bridgehead atoms. The Kier molecular flexibility index (Phi) is 9.04. The number of hydrogen-bond donors (Lipinski definition) is 2. The first-order valence-electron chi connectivity index (χ1n) is 13.7. The highest BCUT2D eigenvalue weighted by Gasteiger charge is 2.25. The number of rotatable bonds is 9. The molecule has 0 amide bonds. The van der Waals surface area contributed by atoms with Crippen LogP contribution in [0.5, 0.6) is 0 Å². The Balaban J connectivity index is 1.46. The van der Waals surface area contributed by atoms with Gasteiger partial charge in [0.2, 0.25) is 0 Å². The Morgan fingerprint density at radius 3 is 2.65 bits per heavy atom. The lowest BCUT2D eigenvalue weighted by atomic mass is 9.76. The van der Waals surface area contributed by atoms with E-state index in [0.29, 0.717) is 5.92 Å². The zero-order chi connectivity index (χ0) is 23.8. The Bertz CT molecular complexity index is 963. The van der Waals surface area contributed by atoms with Crippen LogP contribution in [0.1, 0.15) is 78.1 Å². The molecule has 0 aliphatic heterocycles. The van der Waals surface area contributed by atoms with Crippen LogP contribution in [-0.2, 0) is 0 Å². The molecule has 0 aromatic rings. The van der Waals surface area contributed by atoms with Crippen LogP contribution in [0, 0.1) is 11.8 Å². The number of nitrogens with two attached hydrogens (primary N) is 1. The summed E-state index contributed by atoms with van der Waals surface area (Å²) in [5.74, 6) is 1.04. The van der Waals surface area contributed by atoms with Crippen molar-refractivity contribution >= 4 is 0 Å². The molecule has 4 rings (SSSR count). The summed E-state index contributed by atoms with van der Waals surface area (Å²) >= 11 is 0. The highest BCUT2D eigenvalue weighted by molar-refractivity contribution is 5.51. The molecule has 0 aromatic heterocycles. The van der Waals surface area contributed by atoms with E-state index in [1.807, 2.05) is 0 Å². The second kappa shape index (κ2) is 12.4. The topological polar surface area (TPSA) is 38.0 Å². The van der Waals surface area contributed by atoms with Crippen molar-refractivity contribution in [3.05, 3.63) is 94.3 Å². The Hall–Kier alpha value is -2.32. The lowest BCUT2D eigenvalue weighted by Crippen LogP contribution is -2.31. The van der Waals surface area contributed by atoms with Gasteiger partial charge in [0.1, 0.15) is 0 Å². The quantitative estimate of drug-likeness (QED) is 0.348. The molecule has 4 aliphatic carbocycles. The minimum Gasteiger partial charge on any atom is -0.384 e. The third kappa shape index (κ3) is 6.02. The van der Waals surface area contributed by atoms with E-state index in [1.165, 1.54) is 53.7 Å². The van der Waals surface area contributed by atoms with E-state index < -0.39 is 0 Å². The molecular weight excluding hydrogens is 412 g/mol. The zero-order valence-electron chi connectivity index (χ0n) is 21.4. The lowest BCUT2D eigenvalue weighted by Gasteiger charge is -2.30. The molecule has 3 unspecified atom stereocenters. The minimum atomic E-state index is 0.217. The van der Waals surface area contributed by atoms with Crippen LogP contribution < -0.4 is 11.1 Å². The average Bonchev–Trinajstić information content (AvgIpc) is 2.88. The molecule has 0 saturated heterocycles. The molecule has 0 spiro atoms. The normalized spacial score (nSPS) is 27.4. The summed E-state index contributed by atoms with van der Waals surface area (Å²) in [4.78, 5) is 0. The van der Waals surface area contributed by atoms with Crippen LogP contribution in [0.3, 0.4) is 0 Å². The van der Waals surface area contributed by atoms with E-state index >= 15 is 0 Å². The number of hydrogen-bond acceptors (Lipinski definition) is 2. The molecule has 4 aliphatic rings. The molecular formula is C32H44N2. The lowest BCUT2D eigenvalue weighted by molar-refractivity contribution is 0.508. The maximum absolute atomic E-state index is 6.58. The molecule has 3 N–H and O–H groups in total. The van der Waals surface area contributed by atoms with Gasteiger partial charge in [-0.05, 0) is 86.0 Å². The van der Waals surface area contributed by atoms with Crippen molar-refractivity contribution in [2.24, 2.45) is 17.6 Å². The molecule has 34 heavy (non-hydrogen) atoms. The Morgan fingerprint density at radius 1 is 1.00 bits per heavy atom. The maximum atomic E-state index is 6.58. The van der Waals surface area contributed by atoms with Crippen molar-refractivity contribution in [3.8, 4) is 0 Å². The van der Waals surface area contributed by atoms with Crippen molar-refractivity contribution in [1.29, 1.82) is 0 Å². The summed E-state index contributed by atoms with van der Waals surface area (Å²) < 4.78 is 0.